The number of ether oxygens (including phenoxy) is 3. The second-order valence-corrected chi connectivity index (χ2v) is 13.9. The lowest BCUT2D eigenvalue weighted by atomic mass is 10.1. The molecule has 1 unspecified atom stereocenters. The van der Waals surface area contributed by atoms with Crippen LogP contribution in [0.4, 0.5) is 0 Å². The van der Waals surface area contributed by atoms with Gasteiger partial charge >= 0.3 is 17.9 Å². The molecule has 0 bridgehead atoms. The number of carbonyl (C=O) groups is 3. The molecule has 0 aromatic carbocycles. The monoisotopic (exact) mass is 727 g/mol. The SMILES string of the molecule is CC/C=C\C/C=C\C/C=C\C/C=C\CCC(=O)OC(COC(=O)CCCCCCC/C=C\CCCCCCC)COC(=O)CCCCCCCCC. The zero-order valence-electron chi connectivity index (χ0n) is 33.8. The molecular weight excluding hydrogens is 649 g/mol. The molecular formula is C46H78O6. The molecule has 0 saturated heterocycles. The van der Waals surface area contributed by atoms with Crippen LogP contribution in [0.5, 0.6) is 0 Å². The van der Waals surface area contributed by atoms with Crippen LogP contribution in [0.2, 0.25) is 0 Å². The first-order chi connectivity index (χ1) is 25.5. The second kappa shape index (κ2) is 40.9. The van der Waals surface area contributed by atoms with Crippen molar-refractivity contribution in [3.8, 4) is 0 Å². The van der Waals surface area contributed by atoms with Crippen LogP contribution in [-0.2, 0) is 28.6 Å². The Kier molecular flexibility index (Phi) is 38.6. The van der Waals surface area contributed by atoms with Gasteiger partial charge in [-0.2, -0.15) is 0 Å². The van der Waals surface area contributed by atoms with E-state index in [4.69, 9.17) is 14.2 Å². The van der Waals surface area contributed by atoms with Crippen LogP contribution in [0.25, 0.3) is 0 Å². The number of hydrogen-bond donors (Lipinski definition) is 0. The minimum absolute atomic E-state index is 0.106. The summed E-state index contributed by atoms with van der Waals surface area (Å²) < 4.78 is 16.5. The Morgan fingerprint density at radius 3 is 1.25 bits per heavy atom. The zero-order valence-corrected chi connectivity index (χ0v) is 33.8. The molecule has 0 aromatic rings. The quantitative estimate of drug-likeness (QED) is 0.0274. The number of rotatable bonds is 37. The molecule has 1 atom stereocenters. The van der Waals surface area contributed by atoms with Crippen LogP contribution >= 0.6 is 0 Å². The van der Waals surface area contributed by atoms with Crippen LogP contribution in [-0.4, -0.2) is 37.2 Å². The minimum Gasteiger partial charge on any atom is -0.462 e. The first-order valence-corrected chi connectivity index (χ1v) is 21.3. The van der Waals surface area contributed by atoms with Crippen molar-refractivity contribution in [1.82, 2.24) is 0 Å². The molecule has 0 spiro atoms. The van der Waals surface area contributed by atoms with Gasteiger partial charge in [0, 0.05) is 19.3 Å². The summed E-state index contributed by atoms with van der Waals surface area (Å²) in [6.07, 6.45) is 48.0. The highest BCUT2D eigenvalue weighted by atomic mass is 16.6. The van der Waals surface area contributed by atoms with Gasteiger partial charge in [-0.05, 0) is 70.6 Å². The van der Waals surface area contributed by atoms with Gasteiger partial charge in [-0.25, -0.2) is 0 Å². The van der Waals surface area contributed by atoms with Gasteiger partial charge in [0.15, 0.2) is 6.10 Å². The van der Waals surface area contributed by atoms with Crippen LogP contribution in [0, 0.1) is 0 Å². The van der Waals surface area contributed by atoms with Crippen LogP contribution in [0.1, 0.15) is 194 Å². The Balaban J connectivity index is 4.45. The van der Waals surface area contributed by atoms with E-state index in [1.165, 1.54) is 77.0 Å². The van der Waals surface area contributed by atoms with Gasteiger partial charge in [0.2, 0.25) is 0 Å². The van der Waals surface area contributed by atoms with Crippen molar-refractivity contribution >= 4 is 17.9 Å². The maximum absolute atomic E-state index is 12.6. The van der Waals surface area contributed by atoms with Crippen molar-refractivity contribution in [1.29, 1.82) is 0 Å². The summed E-state index contributed by atoms with van der Waals surface area (Å²) in [5, 5.41) is 0. The van der Waals surface area contributed by atoms with Crippen LogP contribution in [0.3, 0.4) is 0 Å². The molecule has 0 rings (SSSR count). The van der Waals surface area contributed by atoms with E-state index in [9.17, 15) is 14.4 Å². The molecule has 0 fully saturated rings. The van der Waals surface area contributed by atoms with Crippen molar-refractivity contribution in [3.05, 3.63) is 60.8 Å². The molecule has 52 heavy (non-hydrogen) atoms. The van der Waals surface area contributed by atoms with E-state index < -0.39 is 12.1 Å². The topological polar surface area (TPSA) is 78.9 Å². The Bertz CT molecular complexity index is 975. The van der Waals surface area contributed by atoms with Crippen LogP contribution in [0.15, 0.2) is 60.8 Å². The summed E-state index contributed by atoms with van der Waals surface area (Å²) in [4.78, 5) is 37.5. The molecule has 0 radical (unpaired) electrons. The molecule has 0 saturated carbocycles. The highest BCUT2D eigenvalue weighted by molar-refractivity contribution is 5.71. The van der Waals surface area contributed by atoms with Crippen LogP contribution < -0.4 is 0 Å². The number of hydrogen-bond acceptors (Lipinski definition) is 6. The normalized spacial score (nSPS) is 12.6. The molecule has 0 heterocycles. The lowest BCUT2D eigenvalue weighted by molar-refractivity contribution is -0.166. The van der Waals surface area contributed by atoms with Crippen molar-refractivity contribution in [3.63, 3.8) is 0 Å². The predicted octanol–water partition coefficient (Wildman–Crippen LogP) is 13.4. The van der Waals surface area contributed by atoms with Gasteiger partial charge in [-0.3, -0.25) is 14.4 Å². The fraction of sp³-hybridized carbons (Fsp3) is 0.717. The first kappa shape index (κ1) is 49.1. The highest BCUT2D eigenvalue weighted by Crippen LogP contribution is 2.12. The average molecular weight is 727 g/mol. The van der Waals surface area contributed by atoms with Gasteiger partial charge in [0.05, 0.1) is 0 Å². The molecule has 6 heteroatoms. The molecule has 0 amide bonds. The molecule has 6 nitrogen and oxygen atoms in total. The summed E-state index contributed by atoms with van der Waals surface area (Å²) in [5.74, 6) is -1.01. The summed E-state index contributed by atoms with van der Waals surface area (Å²) in [5.41, 5.74) is 0. The largest absolute Gasteiger partial charge is 0.462 e. The minimum atomic E-state index is -0.809. The smallest absolute Gasteiger partial charge is 0.306 e. The first-order valence-electron chi connectivity index (χ1n) is 21.3. The van der Waals surface area contributed by atoms with E-state index in [0.717, 1.165) is 70.6 Å². The Morgan fingerprint density at radius 2 is 0.788 bits per heavy atom. The van der Waals surface area contributed by atoms with Crippen molar-refractivity contribution in [2.75, 3.05) is 13.2 Å². The number of esters is 3. The zero-order chi connectivity index (χ0) is 38.0. The Morgan fingerprint density at radius 1 is 0.404 bits per heavy atom. The van der Waals surface area contributed by atoms with E-state index in [1.54, 1.807) is 0 Å². The van der Waals surface area contributed by atoms with Crippen molar-refractivity contribution < 1.29 is 28.6 Å². The summed E-state index contributed by atoms with van der Waals surface area (Å²) in [7, 11) is 0. The Hall–Kier alpha value is -2.89. The van der Waals surface area contributed by atoms with Gasteiger partial charge in [0.25, 0.3) is 0 Å². The maximum Gasteiger partial charge on any atom is 0.306 e. The van der Waals surface area contributed by atoms with E-state index in [2.05, 4.69) is 69.4 Å². The van der Waals surface area contributed by atoms with E-state index in [0.29, 0.717) is 19.3 Å². The third-order valence-electron chi connectivity index (χ3n) is 8.77. The second-order valence-electron chi connectivity index (χ2n) is 13.9. The average Bonchev–Trinajstić information content (AvgIpc) is 3.14. The van der Waals surface area contributed by atoms with E-state index in [-0.39, 0.29) is 31.6 Å². The van der Waals surface area contributed by atoms with E-state index in [1.807, 2.05) is 12.2 Å². The summed E-state index contributed by atoms with van der Waals surface area (Å²) >= 11 is 0. The molecule has 0 aliphatic carbocycles. The maximum atomic E-state index is 12.6. The summed E-state index contributed by atoms with van der Waals surface area (Å²) in [6, 6.07) is 0. The predicted molar refractivity (Wildman–Crippen MR) is 219 cm³/mol. The number of allylic oxidation sites excluding steroid dienone is 10. The van der Waals surface area contributed by atoms with Gasteiger partial charge in [-0.15, -0.1) is 0 Å². The molecule has 0 N–H and O–H groups in total. The lowest BCUT2D eigenvalue weighted by Gasteiger charge is -2.18. The fourth-order valence-corrected chi connectivity index (χ4v) is 5.57. The van der Waals surface area contributed by atoms with Gasteiger partial charge in [-0.1, -0.05) is 165 Å². The molecule has 298 valence electrons. The van der Waals surface area contributed by atoms with Crippen molar-refractivity contribution in [2.24, 2.45) is 0 Å². The standard InChI is InChI=1S/C46H78O6/c1-4-7-10-13-16-18-20-22-24-25-27-30-33-36-39-45(48)51-42-43(41-50-44(47)38-35-32-29-15-12-9-6-3)52-46(49)40-37-34-31-28-26-23-21-19-17-14-11-8-5-2/h8,11,17,19-20,22-23,26,31,34,43H,4-7,9-10,12-16,18,21,24-25,27-30,32-33,35-42H2,1-3H3/b11-8-,19-17-,22-20-,26-23-,34-31-. The third kappa shape index (κ3) is 38.3. The number of unbranched alkanes of at least 4 members (excludes halogenated alkanes) is 16. The number of carbonyl (C=O) groups excluding carboxylic acids is 3. The highest BCUT2D eigenvalue weighted by Gasteiger charge is 2.19. The third-order valence-corrected chi connectivity index (χ3v) is 8.77. The molecule has 0 aromatic heterocycles. The van der Waals surface area contributed by atoms with E-state index >= 15 is 0 Å². The molecule has 0 aliphatic heterocycles. The summed E-state index contributed by atoms with van der Waals surface area (Å²) in [6.45, 7) is 6.37. The molecule has 0 aliphatic rings. The van der Waals surface area contributed by atoms with Crippen molar-refractivity contribution in [2.45, 2.75) is 200 Å². The Labute approximate surface area is 320 Å². The van der Waals surface area contributed by atoms with Gasteiger partial charge in [0.1, 0.15) is 13.2 Å². The fourth-order valence-electron chi connectivity index (χ4n) is 5.57. The lowest BCUT2D eigenvalue weighted by Crippen LogP contribution is -2.30. The van der Waals surface area contributed by atoms with Gasteiger partial charge < -0.3 is 14.2 Å².